The van der Waals surface area contributed by atoms with Gasteiger partial charge in [-0.2, -0.15) is 0 Å². The van der Waals surface area contributed by atoms with Crippen LogP contribution in [0.5, 0.6) is 0 Å². The lowest BCUT2D eigenvalue weighted by molar-refractivity contribution is -0.116. The molecule has 0 radical (unpaired) electrons. The quantitative estimate of drug-likeness (QED) is 0.422. The van der Waals surface area contributed by atoms with E-state index < -0.39 is 0 Å². The van der Waals surface area contributed by atoms with Gasteiger partial charge in [-0.1, -0.05) is 17.7 Å². The first kappa shape index (κ1) is 18.2. The van der Waals surface area contributed by atoms with Crippen LogP contribution >= 0.6 is 23.8 Å². The fourth-order valence-corrected chi connectivity index (χ4v) is 2.49. The summed E-state index contributed by atoms with van der Waals surface area (Å²) in [6.07, 6.45) is 4.75. The van der Waals surface area contributed by atoms with Crippen LogP contribution < -0.4 is 16.2 Å². The lowest BCUT2D eigenvalue weighted by atomic mass is 10.4. The summed E-state index contributed by atoms with van der Waals surface area (Å²) >= 11 is 11.2. The first-order valence-corrected chi connectivity index (χ1v) is 7.96. The third-order valence-corrected chi connectivity index (χ3v) is 3.51. The van der Waals surface area contributed by atoms with Crippen molar-refractivity contribution in [2.24, 2.45) is 0 Å². The molecule has 1 atom stereocenters. The Morgan fingerprint density at radius 2 is 2.29 bits per heavy atom. The van der Waals surface area contributed by atoms with Crippen molar-refractivity contribution in [2.75, 3.05) is 13.7 Å². The summed E-state index contributed by atoms with van der Waals surface area (Å²) in [5.74, 6) is -0.375. The van der Waals surface area contributed by atoms with E-state index in [-0.39, 0.29) is 11.9 Å². The highest BCUT2D eigenvalue weighted by Crippen LogP contribution is 2.18. The van der Waals surface area contributed by atoms with Crippen LogP contribution in [0.2, 0.25) is 5.15 Å². The minimum Gasteiger partial charge on any atom is -0.383 e. The maximum atomic E-state index is 11.9. The minimum atomic E-state index is -0.375. The fourth-order valence-electron chi connectivity index (χ4n) is 2.00. The Morgan fingerprint density at radius 1 is 1.50 bits per heavy atom. The van der Waals surface area contributed by atoms with Crippen LogP contribution in [-0.4, -0.2) is 40.2 Å². The summed E-state index contributed by atoms with van der Waals surface area (Å²) in [6.45, 7) is 2.41. The minimum absolute atomic E-state index is 0.0272. The number of aromatic nitrogens is 2. The van der Waals surface area contributed by atoms with Gasteiger partial charge in [0.25, 0.3) is 5.91 Å². The number of rotatable bonds is 5. The number of carbonyl (C=O) groups is 1. The molecular weight excluding hydrogens is 350 g/mol. The number of imidazole rings is 1. The number of hydrazine groups is 1. The predicted molar refractivity (Wildman–Crippen MR) is 97.6 cm³/mol. The van der Waals surface area contributed by atoms with E-state index in [1.807, 2.05) is 31.3 Å². The number of carbonyl (C=O) groups excluding carboxylic acids is 1. The van der Waals surface area contributed by atoms with Gasteiger partial charge in [-0.15, -0.1) is 0 Å². The van der Waals surface area contributed by atoms with Crippen molar-refractivity contribution in [1.29, 1.82) is 0 Å². The van der Waals surface area contributed by atoms with E-state index in [1.165, 1.54) is 6.08 Å². The van der Waals surface area contributed by atoms with Gasteiger partial charge in [0.05, 0.1) is 12.3 Å². The van der Waals surface area contributed by atoms with Gasteiger partial charge in [0.15, 0.2) is 10.3 Å². The standard InChI is InChI=1S/C15H18ClN5O2S/c1-10(9-23-2)17-15(24)20-19-13(22)7-6-11-14(16)18-12-5-3-4-8-21(11)12/h3-8,10H,9H2,1-2H3,(H,19,22)(H2,17,20,24)/b7-6+/t10-/m0/s1. The van der Waals surface area contributed by atoms with Gasteiger partial charge in [0, 0.05) is 25.4 Å². The number of hydrogen-bond acceptors (Lipinski definition) is 4. The number of fused-ring (bicyclic) bond motifs is 1. The normalized spacial score (nSPS) is 12.3. The Labute approximate surface area is 150 Å². The molecule has 128 valence electrons. The highest BCUT2D eigenvalue weighted by atomic mass is 35.5. The van der Waals surface area contributed by atoms with Crippen molar-refractivity contribution in [3.8, 4) is 0 Å². The summed E-state index contributed by atoms with van der Waals surface area (Å²) in [5.41, 5.74) is 6.41. The van der Waals surface area contributed by atoms with Gasteiger partial charge < -0.3 is 10.1 Å². The third-order valence-electron chi connectivity index (χ3n) is 3.01. The molecule has 2 heterocycles. The average molecular weight is 368 g/mol. The molecule has 1 amide bonds. The number of hydrogen-bond donors (Lipinski definition) is 3. The van der Waals surface area contributed by atoms with Crippen molar-refractivity contribution in [1.82, 2.24) is 25.6 Å². The third kappa shape index (κ3) is 4.92. The molecule has 0 aliphatic heterocycles. The molecule has 0 aliphatic carbocycles. The van der Waals surface area contributed by atoms with Crippen LogP contribution in [0.3, 0.4) is 0 Å². The maximum absolute atomic E-state index is 11.9. The van der Waals surface area contributed by atoms with Crippen molar-refractivity contribution in [3.05, 3.63) is 41.3 Å². The summed E-state index contributed by atoms with van der Waals surface area (Å²) < 4.78 is 6.78. The van der Waals surface area contributed by atoms with Crippen molar-refractivity contribution in [2.45, 2.75) is 13.0 Å². The Hall–Kier alpha value is -2.16. The van der Waals surface area contributed by atoms with Crippen molar-refractivity contribution >= 4 is 46.6 Å². The van der Waals surface area contributed by atoms with Crippen LogP contribution in [0.4, 0.5) is 0 Å². The molecule has 0 saturated carbocycles. The van der Waals surface area contributed by atoms with Gasteiger partial charge >= 0.3 is 0 Å². The molecule has 0 bridgehead atoms. The van der Waals surface area contributed by atoms with Gasteiger partial charge in [-0.25, -0.2) is 4.98 Å². The zero-order valence-corrected chi connectivity index (χ0v) is 14.8. The molecule has 24 heavy (non-hydrogen) atoms. The maximum Gasteiger partial charge on any atom is 0.262 e. The number of pyridine rings is 1. The molecule has 3 N–H and O–H groups in total. The topological polar surface area (TPSA) is 79.7 Å². The Morgan fingerprint density at radius 3 is 3.04 bits per heavy atom. The first-order chi connectivity index (χ1) is 11.5. The molecule has 0 spiro atoms. The van der Waals surface area contributed by atoms with E-state index in [1.54, 1.807) is 17.6 Å². The van der Waals surface area contributed by atoms with E-state index in [0.717, 1.165) is 0 Å². The van der Waals surface area contributed by atoms with E-state index in [9.17, 15) is 4.79 Å². The van der Waals surface area contributed by atoms with E-state index >= 15 is 0 Å². The zero-order chi connectivity index (χ0) is 17.5. The second kappa shape index (κ2) is 8.62. The van der Waals surface area contributed by atoms with Crippen molar-refractivity contribution in [3.63, 3.8) is 0 Å². The van der Waals surface area contributed by atoms with Crippen LogP contribution in [0.15, 0.2) is 30.5 Å². The Balaban J connectivity index is 1.91. The number of ether oxygens (including phenoxy) is 1. The molecule has 9 heteroatoms. The average Bonchev–Trinajstić information content (AvgIpc) is 2.86. The molecule has 0 fully saturated rings. The monoisotopic (exact) mass is 367 g/mol. The second-order valence-corrected chi connectivity index (χ2v) is 5.76. The van der Waals surface area contributed by atoms with Gasteiger partial charge in [-0.3, -0.25) is 20.0 Å². The molecule has 2 rings (SSSR count). The first-order valence-electron chi connectivity index (χ1n) is 7.17. The zero-order valence-electron chi connectivity index (χ0n) is 13.2. The summed E-state index contributed by atoms with van der Waals surface area (Å²) in [7, 11) is 1.60. The van der Waals surface area contributed by atoms with Crippen LogP contribution in [0.1, 0.15) is 12.6 Å². The summed E-state index contributed by atoms with van der Waals surface area (Å²) in [5, 5.41) is 3.58. The van der Waals surface area contributed by atoms with E-state index in [0.29, 0.717) is 28.2 Å². The van der Waals surface area contributed by atoms with Gasteiger partial charge in [0.2, 0.25) is 0 Å². The molecule has 7 nitrogen and oxygen atoms in total. The lowest BCUT2D eigenvalue weighted by Crippen LogP contribution is -2.49. The Kier molecular flexibility index (Phi) is 6.53. The molecule has 0 unspecified atom stereocenters. The molecule has 0 saturated heterocycles. The van der Waals surface area contributed by atoms with Crippen LogP contribution in [0.25, 0.3) is 11.7 Å². The SMILES string of the molecule is COC[C@H](C)NC(=S)NNC(=O)/C=C/c1c(Cl)nc2ccccn12. The number of thiocarbonyl (C=S) groups is 1. The largest absolute Gasteiger partial charge is 0.383 e. The van der Waals surface area contributed by atoms with E-state index in [4.69, 9.17) is 28.6 Å². The van der Waals surface area contributed by atoms with Gasteiger partial charge in [0.1, 0.15) is 5.65 Å². The molecule has 2 aromatic rings. The fraction of sp³-hybridized carbons (Fsp3) is 0.267. The number of amides is 1. The molecule has 2 aromatic heterocycles. The predicted octanol–water partition coefficient (Wildman–Crippen LogP) is 1.53. The van der Waals surface area contributed by atoms with Crippen LogP contribution in [0, 0.1) is 0 Å². The highest BCUT2D eigenvalue weighted by Gasteiger charge is 2.07. The highest BCUT2D eigenvalue weighted by molar-refractivity contribution is 7.80. The smallest absolute Gasteiger partial charge is 0.262 e. The Bertz CT molecular complexity index is 761. The number of nitrogens with zero attached hydrogens (tertiary/aromatic N) is 2. The van der Waals surface area contributed by atoms with Crippen LogP contribution in [-0.2, 0) is 9.53 Å². The second-order valence-electron chi connectivity index (χ2n) is 4.99. The summed E-state index contributed by atoms with van der Waals surface area (Å²) in [4.78, 5) is 16.1. The molecular formula is C15H18ClN5O2S. The van der Waals surface area contributed by atoms with Gasteiger partial charge in [-0.05, 0) is 37.4 Å². The summed E-state index contributed by atoms with van der Waals surface area (Å²) in [6, 6.07) is 5.58. The molecule has 0 aromatic carbocycles. The lowest BCUT2D eigenvalue weighted by Gasteiger charge is -2.15. The van der Waals surface area contributed by atoms with Crippen molar-refractivity contribution < 1.29 is 9.53 Å². The number of nitrogens with one attached hydrogen (secondary N) is 3. The molecule has 0 aliphatic rings. The number of methoxy groups -OCH3 is 1. The van der Waals surface area contributed by atoms with E-state index in [2.05, 4.69) is 21.2 Å². The number of halogens is 1.